The number of carbonyl (C=O) groups excluding carboxylic acids is 1. The molecular weight excluding hydrogens is 348 g/mol. The maximum atomic E-state index is 11.9. The Morgan fingerprint density at radius 2 is 1.60 bits per heavy atom. The molecule has 0 aromatic heterocycles. The van der Waals surface area contributed by atoms with Crippen molar-refractivity contribution in [1.29, 1.82) is 0 Å². The summed E-state index contributed by atoms with van der Waals surface area (Å²) in [6.07, 6.45) is 0.911. The van der Waals surface area contributed by atoms with Gasteiger partial charge in [0.15, 0.2) is 0 Å². The van der Waals surface area contributed by atoms with Crippen molar-refractivity contribution in [1.82, 2.24) is 5.32 Å². The fourth-order valence-electron chi connectivity index (χ4n) is 2.06. The van der Waals surface area contributed by atoms with Crippen molar-refractivity contribution in [3.05, 3.63) is 65.7 Å². The van der Waals surface area contributed by atoms with Crippen molar-refractivity contribution in [2.75, 3.05) is 11.9 Å². The lowest BCUT2D eigenvalue weighted by molar-refractivity contribution is -1.92. The van der Waals surface area contributed by atoms with Crippen LogP contribution < -0.4 is 24.6 Å². The molecule has 0 aliphatic rings. The highest BCUT2D eigenvalue weighted by Crippen LogP contribution is 2.14. The Balaban J connectivity index is 0.000000550. The molecule has 0 fully saturated rings. The van der Waals surface area contributed by atoms with Gasteiger partial charge in [0.2, 0.25) is 5.91 Å². The van der Waals surface area contributed by atoms with E-state index >= 15 is 0 Å². The van der Waals surface area contributed by atoms with Gasteiger partial charge in [0.25, 0.3) is 0 Å². The molecule has 0 spiro atoms. The number of amides is 1. The number of benzene rings is 2. The number of aryl methyl sites for hydroxylation is 1. The predicted molar refractivity (Wildman–Crippen MR) is 84.8 cm³/mol. The van der Waals surface area contributed by atoms with Crippen LogP contribution in [0, 0.1) is 10.2 Å². The van der Waals surface area contributed by atoms with Gasteiger partial charge in [0, 0.05) is 12.2 Å². The average Bonchev–Trinajstić information content (AvgIpc) is 2.55. The van der Waals surface area contributed by atoms with Crippen LogP contribution in [0.15, 0.2) is 54.6 Å². The van der Waals surface area contributed by atoms with Crippen LogP contribution >= 0.6 is 0 Å². The van der Waals surface area contributed by atoms with E-state index in [9.17, 15) is 4.79 Å². The summed E-state index contributed by atoms with van der Waals surface area (Å²) in [5.74, 6) is -0.0122. The maximum absolute atomic E-state index is 11.9. The number of nitrogens with one attached hydrogen (secondary N) is 2. The first-order valence-electron chi connectivity index (χ1n) is 7.55. The van der Waals surface area contributed by atoms with Crippen LogP contribution in [0.3, 0.4) is 0 Å². The van der Waals surface area contributed by atoms with Crippen molar-refractivity contribution >= 4 is 11.6 Å². The quantitative estimate of drug-likeness (QED) is 0.590. The van der Waals surface area contributed by atoms with Crippen LogP contribution in [0.4, 0.5) is 5.69 Å². The van der Waals surface area contributed by atoms with E-state index in [-0.39, 0.29) is 5.91 Å². The van der Waals surface area contributed by atoms with Crippen molar-refractivity contribution in [3.8, 4) is 0 Å². The Morgan fingerprint density at radius 3 is 2.20 bits per heavy atom. The van der Waals surface area contributed by atoms with Crippen molar-refractivity contribution < 1.29 is 33.7 Å². The summed E-state index contributed by atoms with van der Waals surface area (Å²) in [7, 11) is -4.69. The van der Waals surface area contributed by atoms with Gasteiger partial charge in [0.05, 0.1) is 21.4 Å². The largest absolute Gasteiger partial charge is 0.325 e. The summed E-state index contributed by atoms with van der Waals surface area (Å²) in [5, 5.41) is 6.09. The van der Waals surface area contributed by atoms with Crippen molar-refractivity contribution in [2.24, 2.45) is 0 Å². The molecule has 0 heterocycles. The molecule has 0 unspecified atom stereocenters. The van der Waals surface area contributed by atoms with E-state index in [1.54, 1.807) is 0 Å². The first kappa shape index (κ1) is 21.0. The predicted octanol–water partition coefficient (Wildman–Crippen LogP) is -1.15. The zero-order chi connectivity index (χ0) is 18.7. The molecule has 0 saturated carbocycles. The number of carbonyl (C=O) groups is 1. The molecule has 25 heavy (non-hydrogen) atoms. The zero-order valence-corrected chi connectivity index (χ0v) is 14.5. The van der Waals surface area contributed by atoms with Gasteiger partial charge in [-0.15, -0.1) is 0 Å². The smallest absolute Gasteiger partial charge is 0.238 e. The van der Waals surface area contributed by atoms with Gasteiger partial charge < -0.3 is 10.6 Å². The van der Waals surface area contributed by atoms with Gasteiger partial charge >= 0.3 is 0 Å². The third-order valence-electron chi connectivity index (χ3n) is 3.13. The number of rotatable bonds is 6. The van der Waals surface area contributed by atoms with Crippen LogP contribution in [0.5, 0.6) is 0 Å². The normalized spacial score (nSPS) is 10.6. The van der Waals surface area contributed by atoms with E-state index in [2.05, 4.69) is 17.6 Å². The second-order valence-electron chi connectivity index (χ2n) is 5.04. The summed E-state index contributed by atoms with van der Waals surface area (Å²) in [5.41, 5.74) is 3.24. The molecule has 2 aromatic carbocycles. The van der Waals surface area contributed by atoms with E-state index in [4.69, 9.17) is 18.6 Å². The van der Waals surface area contributed by atoms with Crippen LogP contribution in [-0.2, 0) is 17.8 Å². The molecule has 8 heteroatoms. The second kappa shape index (κ2) is 10.8. The van der Waals surface area contributed by atoms with Crippen LogP contribution in [0.25, 0.3) is 0 Å². The van der Waals surface area contributed by atoms with E-state index in [1.165, 1.54) is 5.56 Å². The van der Waals surface area contributed by atoms with Crippen molar-refractivity contribution in [3.63, 3.8) is 0 Å². The molecule has 0 aliphatic carbocycles. The SMILES string of the molecule is CCc1ccccc1NC(=O)CNCc1ccccc1.[O-][Cl+3]([O-])([O-])O. The Labute approximate surface area is 148 Å². The number of anilines is 1. The highest BCUT2D eigenvalue weighted by molar-refractivity contribution is 5.92. The first-order valence-corrected chi connectivity index (χ1v) is 8.81. The van der Waals surface area contributed by atoms with E-state index in [0.717, 1.165) is 17.7 Å². The lowest BCUT2D eigenvalue weighted by atomic mass is 10.1. The van der Waals surface area contributed by atoms with Crippen LogP contribution in [0.2, 0.25) is 0 Å². The summed E-state index contributed by atoms with van der Waals surface area (Å²) in [4.78, 5) is 11.9. The highest BCUT2D eigenvalue weighted by Gasteiger charge is 2.05. The summed E-state index contributed by atoms with van der Waals surface area (Å²) in [6.45, 7) is 3.09. The third kappa shape index (κ3) is 10.5. The maximum Gasteiger partial charge on any atom is 0.238 e. The second-order valence-corrected chi connectivity index (χ2v) is 5.84. The molecule has 0 aliphatic heterocycles. The molecule has 136 valence electrons. The fourth-order valence-corrected chi connectivity index (χ4v) is 2.06. The molecule has 0 atom stereocenters. The van der Waals surface area contributed by atoms with Crippen LogP contribution in [0.1, 0.15) is 18.1 Å². The molecule has 2 aromatic rings. The number of para-hydroxylation sites is 1. The highest BCUT2D eigenvalue weighted by atomic mass is 35.7. The first-order chi connectivity index (χ1) is 11.8. The molecule has 3 N–H and O–H groups in total. The van der Waals surface area contributed by atoms with Gasteiger partial charge in [0.1, 0.15) is 0 Å². The average molecular weight is 369 g/mol. The van der Waals surface area contributed by atoms with Gasteiger partial charge in [-0.05, 0) is 23.6 Å². The van der Waals surface area contributed by atoms with Crippen molar-refractivity contribution in [2.45, 2.75) is 19.9 Å². The third-order valence-corrected chi connectivity index (χ3v) is 3.13. The number of hydrogen-bond donors (Lipinski definition) is 3. The Kier molecular flexibility index (Phi) is 9.07. The number of halogens is 1. The molecule has 1 amide bonds. The number of hydrogen-bond acceptors (Lipinski definition) is 6. The minimum absolute atomic E-state index is 0.0122. The zero-order valence-electron chi connectivity index (χ0n) is 13.8. The minimum atomic E-state index is -4.69. The molecular formula is C17H21ClN2O5. The monoisotopic (exact) mass is 368 g/mol. The molecule has 7 nitrogen and oxygen atoms in total. The Hall–Kier alpha value is -2.00. The summed E-state index contributed by atoms with van der Waals surface area (Å²) < 4.78 is 32.7. The van der Waals surface area contributed by atoms with E-state index in [1.807, 2.05) is 54.6 Å². The Bertz CT molecular complexity index is 641. The lowest BCUT2D eigenvalue weighted by Crippen LogP contribution is -2.58. The van der Waals surface area contributed by atoms with E-state index in [0.29, 0.717) is 13.1 Å². The Morgan fingerprint density at radius 1 is 1.04 bits per heavy atom. The molecule has 0 bridgehead atoms. The topological polar surface area (TPSA) is 131 Å². The van der Waals surface area contributed by atoms with Crippen LogP contribution in [-0.4, -0.2) is 17.1 Å². The van der Waals surface area contributed by atoms with Gasteiger partial charge in [-0.1, -0.05) is 55.5 Å². The lowest BCUT2D eigenvalue weighted by Gasteiger charge is -2.10. The van der Waals surface area contributed by atoms with Gasteiger partial charge in [-0.2, -0.15) is 14.0 Å². The van der Waals surface area contributed by atoms with E-state index < -0.39 is 10.2 Å². The summed E-state index contributed by atoms with van der Waals surface area (Å²) >= 11 is 0. The van der Waals surface area contributed by atoms with Gasteiger partial charge in [-0.25, -0.2) is 0 Å². The van der Waals surface area contributed by atoms with Gasteiger partial charge in [-0.3, -0.25) is 4.79 Å². The fraction of sp³-hybridized carbons (Fsp3) is 0.235. The minimum Gasteiger partial charge on any atom is -0.325 e. The molecule has 0 radical (unpaired) electrons. The standard InChI is InChI=1S/C17H20N2O.ClHO4/c1-2-15-10-6-7-11-16(15)19-17(20)13-18-12-14-8-4-3-5-9-14;2-1(3,4)5/h3-11,18H,2,12-13H2,1H3,(H,19,20);(H,2,3,4,5). The molecule has 2 rings (SSSR count). The summed E-state index contributed by atoms with van der Waals surface area (Å²) in [6, 6.07) is 17.9. The molecule has 0 saturated heterocycles.